The summed E-state index contributed by atoms with van der Waals surface area (Å²) >= 11 is 0. The van der Waals surface area contributed by atoms with Crippen LogP contribution in [0.25, 0.3) is 0 Å². The highest BCUT2D eigenvalue weighted by molar-refractivity contribution is 5.90. The van der Waals surface area contributed by atoms with Gasteiger partial charge in [0.25, 0.3) is 0 Å². The number of aliphatic hydroxyl groups is 1. The molecule has 1 aliphatic carbocycles. The minimum absolute atomic E-state index is 0.377. The lowest BCUT2D eigenvalue weighted by atomic mass is 10.2. The van der Waals surface area contributed by atoms with Gasteiger partial charge in [0.15, 0.2) is 0 Å². The maximum atomic E-state index is 12.2. The third-order valence-electron chi connectivity index (χ3n) is 1.72. The summed E-state index contributed by atoms with van der Waals surface area (Å²) in [7, 11) is 0. The van der Waals surface area contributed by atoms with Crippen molar-refractivity contribution in [2.75, 3.05) is 0 Å². The average molecular weight is 220 g/mol. The molecule has 0 saturated carbocycles. The van der Waals surface area contributed by atoms with Gasteiger partial charge in [0.1, 0.15) is 0 Å². The molecule has 1 rings (SSSR count). The normalized spacial score (nSPS) is 21.7. The Morgan fingerprint density at radius 2 is 1.87 bits per heavy atom. The molecule has 0 saturated heterocycles. The van der Waals surface area contributed by atoms with Crippen LogP contribution in [0.15, 0.2) is 35.5 Å². The van der Waals surface area contributed by atoms with Gasteiger partial charge >= 0.3 is 12.1 Å². The van der Waals surface area contributed by atoms with E-state index in [1.807, 2.05) is 0 Å². The standard InChI is InChI=1S/C9H7F3O3/c10-9(11,12)6-2-1-5(8(14)15)3-7(13)4-6/h1-4,7,13H,(H,14,15). The molecule has 0 radical (unpaired) electrons. The smallest absolute Gasteiger partial charge is 0.416 e. The Hall–Kier alpha value is -1.56. The second-order valence-corrected chi connectivity index (χ2v) is 2.87. The number of carboxylic acid groups (broad SMARTS) is 1. The molecule has 0 aromatic heterocycles. The molecule has 2 N–H and O–H groups in total. The van der Waals surface area contributed by atoms with Gasteiger partial charge in [-0.25, -0.2) is 4.79 Å². The van der Waals surface area contributed by atoms with E-state index in [2.05, 4.69) is 0 Å². The topological polar surface area (TPSA) is 57.5 Å². The van der Waals surface area contributed by atoms with Gasteiger partial charge in [-0.15, -0.1) is 0 Å². The Kier molecular flexibility index (Phi) is 2.99. The quantitative estimate of drug-likeness (QED) is 0.702. The zero-order valence-electron chi connectivity index (χ0n) is 7.32. The van der Waals surface area contributed by atoms with Gasteiger partial charge in [-0.05, 0) is 24.3 Å². The Labute approximate surface area is 82.8 Å². The lowest BCUT2D eigenvalue weighted by molar-refractivity contribution is -0.132. The summed E-state index contributed by atoms with van der Waals surface area (Å²) in [4.78, 5) is 10.5. The molecule has 0 spiro atoms. The first kappa shape index (κ1) is 11.5. The molecule has 0 fully saturated rings. The first-order valence-corrected chi connectivity index (χ1v) is 3.91. The number of aliphatic carboxylic acids is 1. The van der Waals surface area contributed by atoms with Crippen LogP contribution in [-0.2, 0) is 4.79 Å². The first-order valence-electron chi connectivity index (χ1n) is 3.91. The third kappa shape index (κ3) is 2.95. The summed E-state index contributed by atoms with van der Waals surface area (Å²) in [5.74, 6) is -1.39. The van der Waals surface area contributed by atoms with E-state index in [1.54, 1.807) is 0 Å². The molecule has 0 amide bonds. The summed E-state index contributed by atoms with van der Waals surface area (Å²) in [5.41, 5.74) is -1.44. The highest BCUT2D eigenvalue weighted by atomic mass is 19.4. The fourth-order valence-electron chi connectivity index (χ4n) is 1.04. The van der Waals surface area contributed by atoms with Crippen molar-refractivity contribution < 1.29 is 28.2 Å². The van der Waals surface area contributed by atoms with Crippen molar-refractivity contribution in [2.24, 2.45) is 0 Å². The van der Waals surface area contributed by atoms with Gasteiger partial charge in [0.05, 0.1) is 17.3 Å². The van der Waals surface area contributed by atoms with E-state index >= 15 is 0 Å². The van der Waals surface area contributed by atoms with Crippen LogP contribution in [0.1, 0.15) is 0 Å². The number of hydrogen-bond donors (Lipinski definition) is 2. The van der Waals surface area contributed by atoms with Gasteiger partial charge in [0, 0.05) is 0 Å². The van der Waals surface area contributed by atoms with Crippen molar-refractivity contribution >= 4 is 5.97 Å². The lowest BCUT2D eigenvalue weighted by Gasteiger charge is -2.07. The molecule has 15 heavy (non-hydrogen) atoms. The molecule has 0 bridgehead atoms. The van der Waals surface area contributed by atoms with Gasteiger partial charge in [-0.3, -0.25) is 0 Å². The fourth-order valence-corrected chi connectivity index (χ4v) is 1.04. The zero-order valence-corrected chi connectivity index (χ0v) is 7.32. The monoisotopic (exact) mass is 220 g/mol. The predicted octanol–water partition coefficient (Wildman–Crippen LogP) is 1.42. The van der Waals surface area contributed by atoms with E-state index < -0.39 is 23.8 Å². The van der Waals surface area contributed by atoms with Crippen molar-refractivity contribution in [3.63, 3.8) is 0 Å². The van der Waals surface area contributed by atoms with Crippen LogP contribution in [0, 0.1) is 0 Å². The van der Waals surface area contributed by atoms with Crippen LogP contribution < -0.4 is 0 Å². The van der Waals surface area contributed by atoms with E-state index in [0.717, 1.165) is 12.2 Å². The molecule has 3 nitrogen and oxygen atoms in total. The second kappa shape index (κ2) is 3.90. The number of aliphatic hydroxyl groups excluding tert-OH is 1. The van der Waals surface area contributed by atoms with Crippen molar-refractivity contribution in [2.45, 2.75) is 12.3 Å². The summed E-state index contributed by atoms with van der Waals surface area (Å²) in [5, 5.41) is 17.6. The largest absolute Gasteiger partial charge is 0.478 e. The zero-order chi connectivity index (χ0) is 11.6. The molecule has 0 aromatic rings. The Morgan fingerprint density at radius 1 is 1.27 bits per heavy atom. The average Bonchev–Trinajstić information content (AvgIpc) is 2.25. The number of alkyl halides is 3. The van der Waals surface area contributed by atoms with Crippen molar-refractivity contribution in [3.05, 3.63) is 35.5 Å². The van der Waals surface area contributed by atoms with E-state index in [9.17, 15) is 18.0 Å². The van der Waals surface area contributed by atoms with Crippen LogP contribution in [0.3, 0.4) is 0 Å². The van der Waals surface area contributed by atoms with Crippen LogP contribution in [0.5, 0.6) is 0 Å². The van der Waals surface area contributed by atoms with Gasteiger partial charge in [-0.1, -0.05) is 0 Å². The van der Waals surface area contributed by atoms with Gasteiger partial charge in [0.2, 0.25) is 0 Å². The fraction of sp³-hybridized carbons (Fsp3) is 0.222. The van der Waals surface area contributed by atoms with Crippen LogP contribution in [0.2, 0.25) is 0 Å². The molecular formula is C9H7F3O3. The maximum absolute atomic E-state index is 12.2. The molecule has 1 unspecified atom stereocenters. The summed E-state index contributed by atoms with van der Waals surface area (Å²) in [6, 6.07) is 0. The molecule has 0 heterocycles. The number of halogens is 3. The van der Waals surface area contributed by atoms with Crippen LogP contribution >= 0.6 is 0 Å². The molecule has 0 aromatic carbocycles. The van der Waals surface area contributed by atoms with E-state index in [-0.39, 0.29) is 5.57 Å². The summed E-state index contributed by atoms with van der Waals surface area (Å²) in [6.45, 7) is 0. The van der Waals surface area contributed by atoms with E-state index in [1.165, 1.54) is 0 Å². The minimum Gasteiger partial charge on any atom is -0.478 e. The molecular weight excluding hydrogens is 213 g/mol. The Balaban J connectivity index is 3.04. The second-order valence-electron chi connectivity index (χ2n) is 2.87. The molecule has 1 aliphatic rings. The number of carboxylic acids is 1. The SMILES string of the molecule is O=C(O)C1=CC(O)C=C(C(F)(F)F)C=C1. The number of rotatable bonds is 1. The van der Waals surface area contributed by atoms with Crippen molar-refractivity contribution in [3.8, 4) is 0 Å². The summed E-state index contributed by atoms with van der Waals surface area (Å²) < 4.78 is 36.7. The van der Waals surface area contributed by atoms with Gasteiger partial charge in [-0.2, -0.15) is 13.2 Å². The van der Waals surface area contributed by atoms with Crippen LogP contribution in [-0.4, -0.2) is 28.5 Å². The molecule has 1 atom stereocenters. The number of allylic oxidation sites excluding steroid dienone is 2. The number of carbonyl (C=O) groups is 1. The highest BCUT2D eigenvalue weighted by Gasteiger charge is 2.33. The molecule has 0 aliphatic heterocycles. The van der Waals surface area contributed by atoms with E-state index in [4.69, 9.17) is 10.2 Å². The molecule has 82 valence electrons. The van der Waals surface area contributed by atoms with E-state index in [0.29, 0.717) is 12.2 Å². The third-order valence-corrected chi connectivity index (χ3v) is 1.72. The highest BCUT2D eigenvalue weighted by Crippen LogP contribution is 2.28. The van der Waals surface area contributed by atoms with Gasteiger partial charge < -0.3 is 10.2 Å². The van der Waals surface area contributed by atoms with Crippen LogP contribution in [0.4, 0.5) is 13.2 Å². The minimum atomic E-state index is -4.60. The van der Waals surface area contributed by atoms with Crippen molar-refractivity contribution in [1.82, 2.24) is 0 Å². The maximum Gasteiger partial charge on any atom is 0.416 e. The predicted molar refractivity (Wildman–Crippen MR) is 45.0 cm³/mol. The number of hydrogen-bond acceptors (Lipinski definition) is 2. The first-order chi connectivity index (χ1) is 6.80. The Bertz CT molecular complexity index is 363. The Morgan fingerprint density at radius 3 is 2.33 bits per heavy atom. The van der Waals surface area contributed by atoms with Crippen molar-refractivity contribution in [1.29, 1.82) is 0 Å². The summed E-state index contributed by atoms with van der Waals surface area (Å²) in [6.07, 6.45) is -3.35. The lowest BCUT2D eigenvalue weighted by Crippen LogP contribution is -2.12. The molecule has 6 heteroatoms.